The Labute approximate surface area is 146 Å². The normalized spacial score (nSPS) is 17.6. The van der Waals surface area contributed by atoms with Gasteiger partial charge in [0.15, 0.2) is 17.7 Å². The zero-order valence-corrected chi connectivity index (χ0v) is 14.6. The van der Waals surface area contributed by atoms with Crippen molar-refractivity contribution in [1.82, 2.24) is 10.6 Å². The number of amides is 3. The second kappa shape index (κ2) is 8.89. The van der Waals surface area contributed by atoms with Gasteiger partial charge in [0.2, 0.25) is 0 Å². The molecule has 1 aromatic carbocycles. The third-order valence-corrected chi connectivity index (χ3v) is 4.64. The van der Waals surface area contributed by atoms with Crippen molar-refractivity contribution >= 4 is 11.9 Å². The molecule has 1 aliphatic carbocycles. The van der Waals surface area contributed by atoms with Gasteiger partial charge in [0, 0.05) is 11.6 Å². The molecule has 2 atom stereocenters. The number of hydrogen-bond acceptors (Lipinski definition) is 2. The lowest BCUT2D eigenvalue weighted by molar-refractivity contribution is -0.710. The molecule has 1 aliphatic rings. The lowest BCUT2D eigenvalue weighted by Crippen LogP contribution is -2.92. The van der Waals surface area contributed by atoms with Gasteiger partial charge >= 0.3 is 6.03 Å². The van der Waals surface area contributed by atoms with E-state index in [0.717, 1.165) is 37.8 Å². The van der Waals surface area contributed by atoms with Crippen molar-refractivity contribution in [2.75, 3.05) is 0 Å². The molecule has 1 aromatic rings. The van der Waals surface area contributed by atoms with Gasteiger partial charge in [-0.2, -0.15) is 0 Å². The lowest BCUT2D eigenvalue weighted by atomic mass is 9.96. The summed E-state index contributed by atoms with van der Waals surface area (Å²) in [6.45, 7) is 3.46. The summed E-state index contributed by atoms with van der Waals surface area (Å²) in [7, 11) is 0. The van der Waals surface area contributed by atoms with Gasteiger partial charge in [-0.3, -0.25) is 10.1 Å². The van der Waals surface area contributed by atoms with Gasteiger partial charge in [-0.1, -0.05) is 19.3 Å². The van der Waals surface area contributed by atoms with Crippen LogP contribution in [0.4, 0.5) is 13.6 Å². The fourth-order valence-corrected chi connectivity index (χ4v) is 3.12. The Balaban J connectivity index is 1.82. The van der Waals surface area contributed by atoms with E-state index in [1.807, 2.05) is 0 Å². The molecular formula is C18H26F2N3O2+. The average molecular weight is 354 g/mol. The Kier molecular flexibility index (Phi) is 6.87. The maximum Gasteiger partial charge on any atom is 0.321 e. The molecule has 138 valence electrons. The van der Waals surface area contributed by atoms with Crippen LogP contribution in [0.25, 0.3) is 0 Å². The number of imide groups is 1. The van der Waals surface area contributed by atoms with Crippen molar-refractivity contribution in [2.24, 2.45) is 0 Å². The molecule has 3 amide bonds. The lowest BCUT2D eigenvalue weighted by Gasteiger charge is -2.23. The van der Waals surface area contributed by atoms with Crippen LogP contribution in [-0.4, -0.2) is 24.0 Å². The number of carbonyl (C=O) groups excluding carboxylic acids is 2. The van der Waals surface area contributed by atoms with Crippen molar-refractivity contribution in [3.8, 4) is 0 Å². The van der Waals surface area contributed by atoms with Crippen LogP contribution in [0.5, 0.6) is 0 Å². The maximum atomic E-state index is 13.3. The predicted molar refractivity (Wildman–Crippen MR) is 89.7 cm³/mol. The summed E-state index contributed by atoms with van der Waals surface area (Å²) in [5.41, 5.74) is 0.574. The van der Waals surface area contributed by atoms with Crippen molar-refractivity contribution in [1.29, 1.82) is 0 Å². The van der Waals surface area contributed by atoms with Crippen LogP contribution in [-0.2, 0) is 4.79 Å². The largest absolute Gasteiger partial charge is 0.335 e. The number of nitrogens with one attached hydrogen (secondary N) is 2. The summed E-state index contributed by atoms with van der Waals surface area (Å²) in [5, 5.41) is 6.88. The van der Waals surface area contributed by atoms with Crippen molar-refractivity contribution in [2.45, 2.75) is 64.1 Å². The Morgan fingerprint density at radius 3 is 2.44 bits per heavy atom. The molecule has 1 fully saturated rings. The summed E-state index contributed by atoms with van der Waals surface area (Å²) in [4.78, 5) is 24.1. The number of rotatable bonds is 5. The number of urea groups is 1. The number of benzene rings is 1. The quantitative estimate of drug-likeness (QED) is 0.758. The Hall–Kier alpha value is -2.02. The van der Waals surface area contributed by atoms with Gasteiger partial charge in [0.1, 0.15) is 6.04 Å². The fraction of sp³-hybridized carbons (Fsp3) is 0.556. The van der Waals surface area contributed by atoms with Crippen LogP contribution in [0.1, 0.15) is 57.6 Å². The van der Waals surface area contributed by atoms with E-state index in [2.05, 4.69) is 10.6 Å². The first-order chi connectivity index (χ1) is 11.9. The monoisotopic (exact) mass is 354 g/mol. The van der Waals surface area contributed by atoms with Crippen LogP contribution in [0.2, 0.25) is 0 Å². The van der Waals surface area contributed by atoms with Crippen LogP contribution >= 0.6 is 0 Å². The standard InChI is InChI=1S/C18H25F2N3O2/c1-11(13-8-9-15(19)16(20)10-13)21-12(2)17(24)23-18(25)22-14-6-4-3-5-7-14/h8-12,14,21H,3-7H2,1-2H3,(H2,22,23,24,25)/p+1/t11-,12+/m1/s1. The molecule has 7 heteroatoms. The van der Waals surface area contributed by atoms with Crippen LogP contribution in [0.3, 0.4) is 0 Å². The van der Waals surface area contributed by atoms with Crippen molar-refractivity contribution in [3.05, 3.63) is 35.4 Å². The predicted octanol–water partition coefficient (Wildman–Crippen LogP) is 2.14. The van der Waals surface area contributed by atoms with E-state index in [9.17, 15) is 18.4 Å². The zero-order chi connectivity index (χ0) is 18.4. The second-order valence-corrected chi connectivity index (χ2v) is 6.74. The van der Waals surface area contributed by atoms with Gasteiger partial charge in [-0.05, 0) is 44.9 Å². The minimum absolute atomic E-state index is 0.127. The first-order valence-corrected chi connectivity index (χ1v) is 8.78. The van der Waals surface area contributed by atoms with Crippen LogP contribution in [0, 0.1) is 11.6 Å². The maximum absolute atomic E-state index is 13.3. The molecule has 4 N–H and O–H groups in total. The Bertz CT molecular complexity index is 618. The van der Waals surface area contributed by atoms with E-state index in [-0.39, 0.29) is 12.1 Å². The molecule has 0 bridgehead atoms. The Morgan fingerprint density at radius 1 is 1.12 bits per heavy atom. The van der Waals surface area contributed by atoms with E-state index < -0.39 is 29.6 Å². The van der Waals surface area contributed by atoms with Gasteiger partial charge in [-0.15, -0.1) is 0 Å². The molecule has 0 saturated heterocycles. The highest BCUT2D eigenvalue weighted by Gasteiger charge is 2.24. The first-order valence-electron chi connectivity index (χ1n) is 8.78. The third-order valence-electron chi connectivity index (χ3n) is 4.64. The van der Waals surface area contributed by atoms with E-state index in [4.69, 9.17) is 0 Å². The number of nitrogens with two attached hydrogens (primary N) is 1. The summed E-state index contributed by atoms with van der Waals surface area (Å²) in [6, 6.07) is 2.53. The molecule has 1 saturated carbocycles. The highest BCUT2D eigenvalue weighted by molar-refractivity contribution is 5.96. The molecule has 0 spiro atoms. The SMILES string of the molecule is C[C@H]([NH2+][C@H](C)c1ccc(F)c(F)c1)C(=O)NC(=O)NC1CCCCC1. The minimum atomic E-state index is -0.915. The molecule has 0 radical (unpaired) electrons. The highest BCUT2D eigenvalue weighted by atomic mass is 19.2. The molecular weight excluding hydrogens is 328 g/mol. The summed E-state index contributed by atoms with van der Waals surface area (Å²) in [6.07, 6.45) is 5.25. The smallest absolute Gasteiger partial charge is 0.321 e. The van der Waals surface area contributed by atoms with Gasteiger partial charge in [0.05, 0.1) is 0 Å². The molecule has 0 aromatic heterocycles. The van der Waals surface area contributed by atoms with Crippen molar-refractivity contribution < 1.29 is 23.7 Å². The minimum Gasteiger partial charge on any atom is -0.335 e. The number of carbonyl (C=O) groups is 2. The number of halogens is 2. The number of hydrogen-bond donors (Lipinski definition) is 3. The molecule has 0 heterocycles. The zero-order valence-electron chi connectivity index (χ0n) is 14.6. The van der Waals surface area contributed by atoms with Gasteiger partial charge in [0.25, 0.3) is 5.91 Å². The number of quaternary nitrogens is 1. The fourth-order valence-electron chi connectivity index (χ4n) is 3.12. The highest BCUT2D eigenvalue weighted by Crippen LogP contribution is 2.17. The summed E-state index contributed by atoms with van der Waals surface area (Å²) < 4.78 is 26.3. The summed E-state index contributed by atoms with van der Waals surface area (Å²) >= 11 is 0. The van der Waals surface area contributed by atoms with E-state index in [0.29, 0.717) is 5.56 Å². The molecule has 5 nitrogen and oxygen atoms in total. The van der Waals surface area contributed by atoms with E-state index in [1.165, 1.54) is 12.5 Å². The molecule has 0 aliphatic heterocycles. The van der Waals surface area contributed by atoms with Crippen LogP contribution in [0.15, 0.2) is 18.2 Å². The Morgan fingerprint density at radius 2 is 1.80 bits per heavy atom. The van der Waals surface area contributed by atoms with Crippen LogP contribution < -0.4 is 16.0 Å². The van der Waals surface area contributed by atoms with E-state index in [1.54, 1.807) is 19.2 Å². The second-order valence-electron chi connectivity index (χ2n) is 6.74. The molecule has 25 heavy (non-hydrogen) atoms. The topological polar surface area (TPSA) is 74.8 Å². The first kappa shape index (κ1) is 19.3. The van der Waals surface area contributed by atoms with E-state index >= 15 is 0 Å². The van der Waals surface area contributed by atoms with Gasteiger partial charge < -0.3 is 10.6 Å². The third kappa shape index (κ3) is 5.77. The van der Waals surface area contributed by atoms with Crippen molar-refractivity contribution in [3.63, 3.8) is 0 Å². The van der Waals surface area contributed by atoms with Gasteiger partial charge in [-0.25, -0.2) is 13.6 Å². The molecule has 0 unspecified atom stereocenters. The average Bonchev–Trinajstić information content (AvgIpc) is 2.57. The molecule has 2 rings (SSSR count). The summed E-state index contributed by atoms with van der Waals surface area (Å²) in [5.74, 6) is -2.23.